The lowest BCUT2D eigenvalue weighted by molar-refractivity contribution is -0.123. The lowest BCUT2D eigenvalue weighted by Crippen LogP contribution is -2.44. The average Bonchev–Trinajstić information content (AvgIpc) is 3.05. The molecule has 1 aliphatic rings. The van der Waals surface area contributed by atoms with Crippen molar-refractivity contribution in [3.63, 3.8) is 0 Å². The molecule has 1 saturated heterocycles. The molecule has 10 heteroatoms. The molecule has 0 aromatic heterocycles. The maximum atomic E-state index is 12.9. The summed E-state index contributed by atoms with van der Waals surface area (Å²) in [4.78, 5) is 25.9. The fourth-order valence-corrected chi connectivity index (χ4v) is 4.07. The third-order valence-electron chi connectivity index (χ3n) is 4.34. The largest absolute Gasteiger partial charge is 0.496 e. The molecule has 1 fully saturated rings. The van der Waals surface area contributed by atoms with Gasteiger partial charge in [-0.25, -0.2) is 0 Å². The van der Waals surface area contributed by atoms with E-state index in [2.05, 4.69) is 5.43 Å². The number of methoxy groups -OCH3 is 4. The summed E-state index contributed by atoms with van der Waals surface area (Å²) in [6.45, 7) is 0. The Kier molecular flexibility index (Phi) is 7.03. The quantitative estimate of drug-likeness (QED) is 0.498. The first-order valence-electron chi connectivity index (χ1n) is 8.95. The molecule has 0 radical (unpaired) electrons. The van der Waals surface area contributed by atoms with Crippen LogP contribution in [-0.4, -0.2) is 49.6 Å². The molecule has 2 aromatic rings. The second kappa shape index (κ2) is 9.71. The van der Waals surface area contributed by atoms with Gasteiger partial charge >= 0.3 is 0 Å². The van der Waals surface area contributed by atoms with E-state index in [1.165, 1.54) is 28.4 Å². The summed E-state index contributed by atoms with van der Waals surface area (Å²) in [5.74, 6) is 0.771. The van der Waals surface area contributed by atoms with Crippen molar-refractivity contribution in [1.82, 2.24) is 10.4 Å². The monoisotopic (exact) mass is 460 g/mol. The molecule has 0 saturated carbocycles. The van der Waals surface area contributed by atoms with Gasteiger partial charge in [0.05, 0.1) is 38.9 Å². The number of thioether (sulfide) groups is 1. The molecular formula is C21H20N2O6S2. The third-order valence-corrected chi connectivity index (χ3v) is 5.65. The zero-order valence-electron chi connectivity index (χ0n) is 17.3. The van der Waals surface area contributed by atoms with Crippen molar-refractivity contribution in [2.24, 2.45) is 0 Å². The Labute approximate surface area is 189 Å². The number of nitrogens with zero attached hydrogens (tertiary/aromatic N) is 1. The second-order valence-corrected chi connectivity index (χ2v) is 7.79. The van der Waals surface area contributed by atoms with E-state index in [0.29, 0.717) is 33.5 Å². The van der Waals surface area contributed by atoms with Gasteiger partial charge in [-0.3, -0.25) is 15.0 Å². The van der Waals surface area contributed by atoms with Crippen molar-refractivity contribution in [1.29, 1.82) is 0 Å². The zero-order chi connectivity index (χ0) is 22.5. The number of hydrogen-bond donors (Lipinski definition) is 1. The first-order valence-corrected chi connectivity index (χ1v) is 10.2. The standard InChI is InChI=1S/C21H20N2O6S2/c1-26-14-8-6-5-7-13(14)19(24)22-23-20(25)17(31-21(23)30)11-12-9-15(27-2)18(29-4)16(10-12)28-3/h5-11H,1-4H3,(H,22,24)/b17-11-. The molecule has 1 aliphatic heterocycles. The van der Waals surface area contributed by atoms with Crippen molar-refractivity contribution >= 4 is 46.2 Å². The number of carbonyl (C=O) groups excluding carboxylic acids is 2. The van der Waals surface area contributed by atoms with Crippen molar-refractivity contribution < 1.29 is 28.5 Å². The van der Waals surface area contributed by atoms with Gasteiger partial charge in [0.1, 0.15) is 5.75 Å². The Morgan fingerprint density at radius 2 is 1.61 bits per heavy atom. The Hall–Kier alpha value is -3.24. The number of rotatable bonds is 7. The molecule has 2 aromatic carbocycles. The number of nitrogens with one attached hydrogen (secondary N) is 1. The molecule has 0 unspecified atom stereocenters. The van der Waals surface area contributed by atoms with Crippen LogP contribution in [0.2, 0.25) is 0 Å². The molecule has 8 nitrogen and oxygen atoms in total. The highest BCUT2D eigenvalue weighted by atomic mass is 32.2. The lowest BCUT2D eigenvalue weighted by atomic mass is 10.1. The minimum absolute atomic E-state index is 0.201. The predicted molar refractivity (Wildman–Crippen MR) is 122 cm³/mol. The normalized spacial score (nSPS) is 14.6. The van der Waals surface area contributed by atoms with Crippen LogP contribution in [0.3, 0.4) is 0 Å². The first kappa shape index (κ1) is 22.4. The first-order chi connectivity index (χ1) is 14.9. The molecule has 0 bridgehead atoms. The van der Waals surface area contributed by atoms with E-state index in [0.717, 1.165) is 16.8 Å². The number of hydrazine groups is 1. The summed E-state index contributed by atoms with van der Waals surface area (Å²) in [6.07, 6.45) is 1.64. The van der Waals surface area contributed by atoms with Gasteiger partial charge in [0.25, 0.3) is 11.8 Å². The highest BCUT2D eigenvalue weighted by Crippen LogP contribution is 2.40. The predicted octanol–water partition coefficient (Wildman–Crippen LogP) is 3.27. The van der Waals surface area contributed by atoms with Crippen molar-refractivity contribution in [2.45, 2.75) is 0 Å². The van der Waals surface area contributed by atoms with Crippen LogP contribution in [0.4, 0.5) is 0 Å². The van der Waals surface area contributed by atoms with Gasteiger partial charge in [0.15, 0.2) is 15.8 Å². The van der Waals surface area contributed by atoms with E-state index >= 15 is 0 Å². The Bertz CT molecular complexity index is 1040. The van der Waals surface area contributed by atoms with Crippen molar-refractivity contribution in [3.05, 3.63) is 52.4 Å². The van der Waals surface area contributed by atoms with Crippen molar-refractivity contribution in [3.8, 4) is 23.0 Å². The van der Waals surface area contributed by atoms with E-state index in [1.807, 2.05) is 0 Å². The van der Waals surface area contributed by atoms with E-state index in [4.69, 9.17) is 31.2 Å². The molecule has 0 aliphatic carbocycles. The van der Waals surface area contributed by atoms with E-state index in [-0.39, 0.29) is 9.88 Å². The fourth-order valence-electron chi connectivity index (χ4n) is 2.89. The van der Waals surface area contributed by atoms with Crippen molar-refractivity contribution in [2.75, 3.05) is 28.4 Å². The van der Waals surface area contributed by atoms with Gasteiger partial charge in [-0.15, -0.1) is 0 Å². The van der Waals surface area contributed by atoms with Crippen LogP contribution in [0.15, 0.2) is 41.3 Å². The van der Waals surface area contributed by atoms with Crippen LogP contribution in [0.5, 0.6) is 23.0 Å². The maximum absolute atomic E-state index is 12.9. The highest BCUT2D eigenvalue weighted by Gasteiger charge is 2.34. The van der Waals surface area contributed by atoms with Crippen LogP contribution in [0, 0.1) is 0 Å². The van der Waals surface area contributed by atoms with Gasteiger partial charge in [-0.1, -0.05) is 23.9 Å². The van der Waals surface area contributed by atoms with E-state index in [1.54, 1.807) is 42.5 Å². The zero-order valence-corrected chi connectivity index (χ0v) is 18.9. The summed E-state index contributed by atoms with van der Waals surface area (Å²) in [5.41, 5.74) is 3.47. The number of hydrogen-bond acceptors (Lipinski definition) is 8. The summed E-state index contributed by atoms with van der Waals surface area (Å²) in [7, 11) is 5.99. The molecule has 1 N–H and O–H groups in total. The molecule has 3 rings (SSSR count). The van der Waals surface area contributed by atoms with Crippen LogP contribution in [-0.2, 0) is 4.79 Å². The topological polar surface area (TPSA) is 86.3 Å². The van der Waals surface area contributed by atoms with Gasteiger partial charge in [-0.05, 0) is 48.1 Å². The van der Waals surface area contributed by atoms with Gasteiger partial charge in [0, 0.05) is 0 Å². The Morgan fingerprint density at radius 1 is 1.00 bits per heavy atom. The Morgan fingerprint density at radius 3 is 2.19 bits per heavy atom. The summed E-state index contributed by atoms with van der Waals surface area (Å²) in [5, 5.41) is 1.04. The molecule has 1 heterocycles. The summed E-state index contributed by atoms with van der Waals surface area (Å²) < 4.78 is 21.4. The van der Waals surface area contributed by atoms with Gasteiger partial charge in [0.2, 0.25) is 5.75 Å². The van der Waals surface area contributed by atoms with Gasteiger partial charge in [-0.2, -0.15) is 5.01 Å². The van der Waals surface area contributed by atoms with E-state index in [9.17, 15) is 9.59 Å². The average molecular weight is 461 g/mol. The molecular weight excluding hydrogens is 440 g/mol. The maximum Gasteiger partial charge on any atom is 0.285 e. The van der Waals surface area contributed by atoms with Crippen LogP contribution in [0.1, 0.15) is 15.9 Å². The minimum Gasteiger partial charge on any atom is -0.496 e. The number of amides is 2. The number of benzene rings is 2. The SMILES string of the molecule is COc1ccccc1C(=O)NN1C(=O)/C(=C/c2cc(OC)c(OC)c(OC)c2)SC1=S. The highest BCUT2D eigenvalue weighted by molar-refractivity contribution is 8.26. The van der Waals surface area contributed by atoms with Crippen LogP contribution < -0.4 is 24.4 Å². The molecule has 0 spiro atoms. The van der Waals surface area contributed by atoms with Gasteiger partial charge < -0.3 is 18.9 Å². The second-order valence-electron chi connectivity index (χ2n) is 6.12. The Balaban J connectivity index is 1.86. The van der Waals surface area contributed by atoms with Crippen LogP contribution >= 0.6 is 24.0 Å². The minimum atomic E-state index is -0.511. The van der Waals surface area contributed by atoms with E-state index < -0.39 is 11.8 Å². The number of thiocarbonyl (C=S) groups is 1. The van der Waals surface area contributed by atoms with Crippen LogP contribution in [0.25, 0.3) is 6.08 Å². The lowest BCUT2D eigenvalue weighted by Gasteiger charge is -2.16. The molecule has 2 amide bonds. The number of para-hydroxylation sites is 1. The third kappa shape index (κ3) is 4.59. The smallest absolute Gasteiger partial charge is 0.285 e. The number of ether oxygens (including phenoxy) is 4. The summed E-state index contributed by atoms with van der Waals surface area (Å²) >= 11 is 6.36. The fraction of sp³-hybridized carbons (Fsp3) is 0.190. The summed E-state index contributed by atoms with van der Waals surface area (Å²) in [6, 6.07) is 10.1. The molecule has 31 heavy (non-hydrogen) atoms. The molecule has 0 atom stereocenters. The number of carbonyl (C=O) groups is 2. The molecule has 162 valence electrons.